The molecule has 26 aliphatic rings. The second kappa shape index (κ2) is 42.9. The summed E-state index contributed by atoms with van der Waals surface area (Å²) < 4.78 is 0. The molecule has 18 fully saturated rings. The minimum Gasteiger partial charge on any atom is -0.0885 e. The van der Waals surface area contributed by atoms with Crippen molar-refractivity contribution in [3.63, 3.8) is 0 Å². The van der Waals surface area contributed by atoms with Gasteiger partial charge in [-0.15, -0.1) is 0 Å². The van der Waals surface area contributed by atoms with E-state index in [9.17, 15) is 0 Å². The van der Waals surface area contributed by atoms with Gasteiger partial charge < -0.3 is 0 Å². The lowest BCUT2D eigenvalue weighted by molar-refractivity contribution is -0.0282. The third-order valence-electron chi connectivity index (χ3n) is 34.7. The Morgan fingerprint density at radius 2 is 0.712 bits per heavy atom. The van der Waals surface area contributed by atoms with E-state index in [0.717, 1.165) is 183 Å². The van der Waals surface area contributed by atoms with Gasteiger partial charge in [0, 0.05) is 0 Å². The summed E-state index contributed by atoms with van der Waals surface area (Å²) in [5, 5.41) is 0. The van der Waals surface area contributed by atoms with Gasteiger partial charge in [0.1, 0.15) is 0 Å². The first-order valence-electron chi connectivity index (χ1n) is 48.4. The van der Waals surface area contributed by atoms with E-state index in [1.54, 1.807) is 134 Å². The van der Waals surface area contributed by atoms with Gasteiger partial charge in [-0.1, -0.05) is 251 Å². The first-order chi connectivity index (χ1) is 50.4. The van der Waals surface area contributed by atoms with E-state index < -0.39 is 0 Å². The van der Waals surface area contributed by atoms with Crippen LogP contribution in [-0.2, 0) is 0 Å². The van der Waals surface area contributed by atoms with Gasteiger partial charge in [0.05, 0.1) is 0 Å². The molecule has 18 saturated carbocycles. The van der Waals surface area contributed by atoms with Crippen molar-refractivity contribution in [1.29, 1.82) is 0 Å². The number of hydrogen-bond acceptors (Lipinski definition) is 0. The monoisotopic (exact) mass is 1430 g/mol. The van der Waals surface area contributed by atoms with E-state index in [0.29, 0.717) is 0 Å². The molecule has 18 bridgehead atoms. The van der Waals surface area contributed by atoms with E-state index in [2.05, 4.69) is 150 Å². The van der Waals surface area contributed by atoms with Gasteiger partial charge >= 0.3 is 0 Å². The van der Waals surface area contributed by atoms with Crippen LogP contribution < -0.4 is 0 Å². The minimum absolute atomic E-state index is 0.935. The molecule has 0 aliphatic heterocycles. The first kappa shape index (κ1) is 83.4. The molecule has 0 nitrogen and oxygen atoms in total. The summed E-state index contributed by atoms with van der Waals surface area (Å²) in [6.07, 6.45) is 99.3. The topological polar surface area (TPSA) is 0 Å². The van der Waals surface area contributed by atoms with Crippen molar-refractivity contribution < 1.29 is 0 Å². The fourth-order valence-corrected chi connectivity index (χ4v) is 27.8. The second-order valence-corrected chi connectivity index (χ2v) is 43.1. The fraction of sp³-hybridized carbons (Fsp3) is 0.885. The molecular weight excluding hydrogens is 1250 g/mol. The molecule has 0 saturated heterocycles. The zero-order chi connectivity index (χ0) is 72.9. The standard InChI is InChI=1S/C11H18.2C10H18.C9H16.2C9H14.C9H16.C8H14.C8H12.C8H14.C7H12.C6H10/c1-7-10-3-8-2-9(5-10)6-11(7)4-8;1-8-9-4-2-5-10(8)7-3-6-9;1-8-5-9-3-2-4-10(6-8)7-9;3*1-7-6-8-2-4-9(7)5-3-8;1-7-5-6-8-3-2-4-9(7)8;2*1-6-4-7-2-3-8(6)5-7;1-8-6-4-2-3-5-7-8;1-7-5-3-2-4-6-7;1-6-4-2-3-5-6/h7-11H,2-6H2,1H3;2*8-10H,2-7H2,1H3;7-9H,2-6H2,1H3;2*2,4,7-9H,3,5-6H2,1H3;7-9H,2-6H2,1H3;6-8H,2-5H2,1H3;2-3,6-8H,4-5H2,1H3;2,4,8H,3,5-7H2,1H3;5H,2-4,6H2,1H3;2-3,6H,4-5H2,1H3. The summed E-state index contributed by atoms with van der Waals surface area (Å²) in [6.45, 7) is 28.7. The average molecular weight is 1430 g/mol. The van der Waals surface area contributed by atoms with Gasteiger partial charge in [0.15, 0.2) is 0 Å². The van der Waals surface area contributed by atoms with Crippen molar-refractivity contribution in [2.75, 3.05) is 0 Å². The largest absolute Gasteiger partial charge is 0.0885 e. The molecule has 0 aromatic heterocycles. The molecule has 0 amide bonds. The van der Waals surface area contributed by atoms with E-state index in [-0.39, 0.29) is 0 Å². The third-order valence-corrected chi connectivity index (χ3v) is 34.7. The Morgan fingerprint density at radius 1 is 0.240 bits per heavy atom. The van der Waals surface area contributed by atoms with E-state index >= 15 is 0 Å². The Balaban J connectivity index is 0.000000114. The van der Waals surface area contributed by atoms with Gasteiger partial charge in [-0.2, -0.15) is 0 Å². The molecule has 0 spiro atoms. The van der Waals surface area contributed by atoms with Crippen LogP contribution in [0.4, 0.5) is 0 Å². The Labute approximate surface area is 649 Å². The molecule has 19 atom stereocenters. The van der Waals surface area contributed by atoms with Crippen LogP contribution in [0.1, 0.15) is 398 Å². The van der Waals surface area contributed by atoms with Crippen molar-refractivity contribution in [3.8, 4) is 0 Å². The lowest BCUT2D eigenvalue weighted by atomic mass is 9.52. The van der Waals surface area contributed by atoms with E-state index in [1.165, 1.54) is 186 Å². The molecule has 592 valence electrons. The molecule has 0 radical (unpaired) electrons. The molecule has 0 N–H and O–H groups in total. The van der Waals surface area contributed by atoms with Crippen LogP contribution in [0.15, 0.2) is 72.4 Å². The van der Waals surface area contributed by atoms with Gasteiger partial charge in [-0.25, -0.2) is 0 Å². The van der Waals surface area contributed by atoms with Gasteiger partial charge in [-0.05, 0) is 402 Å². The highest BCUT2D eigenvalue weighted by Crippen LogP contribution is 2.57. The number of rotatable bonds is 0. The maximum atomic E-state index is 2.51. The summed E-state index contributed by atoms with van der Waals surface area (Å²) in [6, 6.07) is 0. The molecule has 26 aliphatic carbocycles. The maximum Gasteiger partial charge on any atom is -0.0202 e. The Hall–Kier alpha value is -1.56. The molecule has 26 rings (SSSR count). The second-order valence-electron chi connectivity index (χ2n) is 43.1. The summed E-state index contributed by atoms with van der Waals surface area (Å²) in [4.78, 5) is 0. The fourth-order valence-electron chi connectivity index (χ4n) is 27.8. The van der Waals surface area contributed by atoms with Gasteiger partial charge in [0.2, 0.25) is 0 Å². The number of fused-ring (bicyclic) bond motifs is 16. The predicted molar refractivity (Wildman–Crippen MR) is 456 cm³/mol. The Kier molecular flexibility index (Phi) is 34.4. The van der Waals surface area contributed by atoms with Crippen molar-refractivity contribution in [3.05, 3.63) is 72.4 Å². The van der Waals surface area contributed by atoms with Crippen LogP contribution in [-0.4, -0.2) is 0 Å². The van der Waals surface area contributed by atoms with Crippen LogP contribution in [0.2, 0.25) is 0 Å². The minimum atomic E-state index is 0.935. The molecule has 0 heterocycles. The summed E-state index contributed by atoms with van der Waals surface area (Å²) in [7, 11) is 0. The third kappa shape index (κ3) is 26.0. The van der Waals surface area contributed by atoms with Crippen molar-refractivity contribution >= 4 is 0 Å². The SMILES string of the molecule is CC1=CCCCC1.CC1C2CC3CC(C2)CC1C3.CC1C2CCCC1CCC2.CC1CC2C=CC1C2.CC1CC2C=CC1CC2.CC1CC2C=CC1CC2.CC1CC2CCC1C2.CC1CC2CCC1CC2.CC1CC2CCCC(C1)C2.CC1CC=CC1.CC1CC=CCCC1.CC1CCC2CCCC12. The maximum absolute atomic E-state index is 2.51. The average Bonchev–Trinajstić information content (AvgIpc) is 1.01. The van der Waals surface area contributed by atoms with E-state index in [4.69, 9.17) is 0 Å². The predicted octanol–water partition coefficient (Wildman–Crippen LogP) is 32.3. The molecule has 0 aromatic carbocycles. The quantitative estimate of drug-likeness (QED) is 0.212. The van der Waals surface area contributed by atoms with Crippen LogP contribution >= 0.6 is 0 Å². The first-order valence-corrected chi connectivity index (χ1v) is 48.4. The van der Waals surface area contributed by atoms with Crippen molar-refractivity contribution in [1.82, 2.24) is 0 Å². The van der Waals surface area contributed by atoms with Crippen LogP contribution in [0.5, 0.6) is 0 Å². The molecule has 19 unspecified atom stereocenters. The highest BCUT2D eigenvalue weighted by molar-refractivity contribution is 5.10. The molecule has 0 aromatic rings. The van der Waals surface area contributed by atoms with Gasteiger partial charge in [0.25, 0.3) is 0 Å². The lowest BCUT2D eigenvalue weighted by Gasteiger charge is -2.53. The molecular formula is C104H176. The van der Waals surface area contributed by atoms with Crippen LogP contribution in [0, 0.1) is 183 Å². The summed E-state index contributed by atoms with van der Waals surface area (Å²) >= 11 is 0. The highest BCUT2D eigenvalue weighted by atomic mass is 14.5. The van der Waals surface area contributed by atoms with Crippen LogP contribution in [0.25, 0.3) is 0 Å². The molecule has 104 heavy (non-hydrogen) atoms. The van der Waals surface area contributed by atoms with Gasteiger partial charge in [-0.3, -0.25) is 0 Å². The lowest BCUT2D eigenvalue weighted by Crippen LogP contribution is -2.43. The zero-order valence-corrected chi connectivity index (χ0v) is 71.4. The Morgan fingerprint density at radius 3 is 1.09 bits per heavy atom. The van der Waals surface area contributed by atoms with Crippen LogP contribution in [0.3, 0.4) is 0 Å². The molecule has 0 heteroatoms. The number of hydrogen-bond donors (Lipinski definition) is 0. The Bertz CT molecular complexity index is 2460. The normalized spacial score (nSPS) is 45.4. The van der Waals surface area contributed by atoms with Crippen molar-refractivity contribution in [2.45, 2.75) is 398 Å². The summed E-state index contributed by atoms with van der Waals surface area (Å²) in [5.74, 6) is 32.9. The van der Waals surface area contributed by atoms with Crippen molar-refractivity contribution in [2.24, 2.45) is 183 Å². The highest BCUT2D eigenvalue weighted by Gasteiger charge is 2.46. The zero-order valence-electron chi connectivity index (χ0n) is 71.4. The van der Waals surface area contributed by atoms with E-state index in [1.807, 2.05) is 0 Å². The smallest absolute Gasteiger partial charge is 0.0202 e. The number of allylic oxidation sites excluding steroid dienone is 12. The summed E-state index contributed by atoms with van der Waals surface area (Å²) in [5.41, 5.74) is 1.59.